The lowest BCUT2D eigenvalue weighted by atomic mass is 9.84. The third-order valence-corrected chi connectivity index (χ3v) is 7.88. The molecule has 2 heterocycles. The van der Waals surface area contributed by atoms with Crippen LogP contribution < -0.4 is 5.73 Å². The van der Waals surface area contributed by atoms with Gasteiger partial charge < -0.3 is 20.8 Å². The summed E-state index contributed by atoms with van der Waals surface area (Å²) in [6.45, 7) is 1.56. The Hall–Kier alpha value is -1.96. The fraction of sp³-hybridized carbons (Fsp3) is 0.680. The van der Waals surface area contributed by atoms with Crippen molar-refractivity contribution in [3.63, 3.8) is 0 Å². The minimum Gasteiger partial charge on any atom is -0.393 e. The Kier molecular flexibility index (Phi) is 7.48. The number of aliphatic hydroxyl groups excluding tert-OH is 2. The first-order valence-electron chi connectivity index (χ1n) is 12.2. The van der Waals surface area contributed by atoms with Crippen LogP contribution in [0.5, 0.6) is 0 Å². The van der Waals surface area contributed by atoms with Crippen LogP contribution in [-0.4, -0.2) is 76.3 Å². The average molecular weight is 444 g/mol. The average Bonchev–Trinajstić information content (AvgIpc) is 3.40. The van der Waals surface area contributed by atoms with E-state index in [1.165, 1.54) is 18.4 Å². The molecule has 2 saturated heterocycles. The molecule has 1 aliphatic carbocycles. The van der Waals surface area contributed by atoms with E-state index in [1.807, 2.05) is 12.1 Å². The lowest BCUT2D eigenvalue weighted by Crippen LogP contribution is -2.49. The van der Waals surface area contributed by atoms with E-state index in [0.29, 0.717) is 42.6 Å². The predicted octanol–water partition coefficient (Wildman–Crippen LogP) is 1.87. The lowest BCUT2D eigenvalue weighted by molar-refractivity contribution is -0.143. The molecular weight excluding hydrogens is 406 g/mol. The van der Waals surface area contributed by atoms with Crippen LogP contribution in [0.2, 0.25) is 0 Å². The van der Waals surface area contributed by atoms with Crippen molar-refractivity contribution in [2.45, 2.75) is 75.5 Å². The summed E-state index contributed by atoms with van der Waals surface area (Å²) < 4.78 is 0. The topological polar surface area (TPSA) is 107 Å². The molecule has 1 aromatic rings. The molecule has 1 unspecified atom stereocenters. The van der Waals surface area contributed by atoms with E-state index in [4.69, 9.17) is 5.73 Å². The maximum Gasteiger partial charge on any atom is 0.253 e. The van der Waals surface area contributed by atoms with Crippen molar-refractivity contribution >= 4 is 11.8 Å². The molecule has 0 radical (unpaired) electrons. The van der Waals surface area contributed by atoms with E-state index < -0.39 is 12.7 Å². The molecule has 1 saturated carbocycles. The highest BCUT2D eigenvalue weighted by Gasteiger charge is 2.41. The Morgan fingerprint density at radius 1 is 1.12 bits per heavy atom. The molecule has 32 heavy (non-hydrogen) atoms. The van der Waals surface area contributed by atoms with E-state index in [9.17, 15) is 19.8 Å². The van der Waals surface area contributed by atoms with Gasteiger partial charge in [0.25, 0.3) is 5.91 Å². The molecule has 4 atom stereocenters. The summed E-state index contributed by atoms with van der Waals surface area (Å²) in [6.07, 6.45) is 7.80. The number of hydrogen-bond acceptors (Lipinski definition) is 5. The third kappa shape index (κ3) is 5.16. The van der Waals surface area contributed by atoms with E-state index >= 15 is 0 Å². The molecule has 3 aliphatic rings. The van der Waals surface area contributed by atoms with Gasteiger partial charge in [0, 0.05) is 37.3 Å². The van der Waals surface area contributed by atoms with E-state index in [0.717, 1.165) is 45.1 Å². The molecule has 3 fully saturated rings. The minimum absolute atomic E-state index is 0.343. The number of hydrogen-bond donors (Lipinski definition) is 3. The number of primary amides is 1. The Morgan fingerprint density at radius 2 is 1.81 bits per heavy atom. The van der Waals surface area contributed by atoms with Crippen molar-refractivity contribution in [1.29, 1.82) is 0 Å². The Balaban J connectivity index is 1.38. The minimum atomic E-state index is -1.32. The molecule has 7 nitrogen and oxygen atoms in total. The summed E-state index contributed by atoms with van der Waals surface area (Å²) in [5.41, 5.74) is 7.24. The maximum atomic E-state index is 12.7. The summed E-state index contributed by atoms with van der Waals surface area (Å²) in [5.74, 6) is 0.203. The van der Waals surface area contributed by atoms with Crippen molar-refractivity contribution in [3.8, 4) is 0 Å². The standard InChI is InChI=1S/C25H37N3O4/c26-24(31)19-7-3-6-18(12-19)20-13-21-8-9-22(14-20)28(21)11-10-27(25(32)23(30)16-29)15-17-4-1-2-5-17/h3,6-7,12,17,20-23,29-30H,1-2,4-5,8-11,13-16H2,(H2,26,31)/t20?,21-,22+,23-/m0/s1. The van der Waals surface area contributed by atoms with Gasteiger partial charge in [-0.15, -0.1) is 0 Å². The molecular formula is C25H37N3O4. The van der Waals surface area contributed by atoms with Gasteiger partial charge in [-0.2, -0.15) is 0 Å². The number of benzene rings is 1. The fourth-order valence-electron chi connectivity index (χ4n) is 6.18. The molecule has 7 heteroatoms. The zero-order valence-corrected chi connectivity index (χ0v) is 18.9. The van der Waals surface area contributed by atoms with Crippen LogP contribution in [0.4, 0.5) is 0 Å². The van der Waals surface area contributed by atoms with Crippen molar-refractivity contribution in [2.24, 2.45) is 11.7 Å². The second-order valence-corrected chi connectivity index (χ2v) is 9.91. The van der Waals surface area contributed by atoms with Crippen molar-refractivity contribution in [3.05, 3.63) is 35.4 Å². The monoisotopic (exact) mass is 443 g/mol. The number of aliphatic hydroxyl groups is 2. The smallest absolute Gasteiger partial charge is 0.253 e. The lowest BCUT2D eigenvalue weighted by Gasteiger charge is -2.40. The van der Waals surface area contributed by atoms with Crippen LogP contribution in [0, 0.1) is 5.92 Å². The highest BCUT2D eigenvalue weighted by atomic mass is 16.3. The summed E-state index contributed by atoms with van der Waals surface area (Å²) >= 11 is 0. The first-order valence-corrected chi connectivity index (χ1v) is 12.2. The number of carbonyl (C=O) groups is 2. The Bertz CT molecular complexity index is 796. The number of piperidine rings is 1. The molecule has 4 rings (SSSR count). The van der Waals surface area contributed by atoms with Crippen LogP contribution >= 0.6 is 0 Å². The normalized spacial score (nSPS) is 26.9. The highest BCUT2D eigenvalue weighted by Crippen LogP contribution is 2.43. The Labute approximate surface area is 190 Å². The first kappa shape index (κ1) is 23.2. The van der Waals surface area contributed by atoms with Gasteiger partial charge >= 0.3 is 0 Å². The molecule has 176 valence electrons. The number of rotatable bonds is 9. The zero-order chi connectivity index (χ0) is 22.7. The first-order chi connectivity index (χ1) is 15.5. The maximum absolute atomic E-state index is 12.7. The van der Waals surface area contributed by atoms with Gasteiger partial charge in [-0.25, -0.2) is 0 Å². The second-order valence-electron chi connectivity index (χ2n) is 9.91. The van der Waals surface area contributed by atoms with Gasteiger partial charge in [0.15, 0.2) is 6.10 Å². The van der Waals surface area contributed by atoms with E-state index in [1.54, 1.807) is 11.0 Å². The molecule has 0 aromatic heterocycles. The molecule has 4 N–H and O–H groups in total. The van der Waals surface area contributed by atoms with Gasteiger partial charge in [0.05, 0.1) is 6.61 Å². The van der Waals surface area contributed by atoms with Crippen molar-refractivity contribution < 1.29 is 19.8 Å². The number of nitrogens with zero attached hydrogens (tertiary/aromatic N) is 2. The molecule has 2 bridgehead atoms. The summed E-state index contributed by atoms with van der Waals surface area (Å²) in [6, 6.07) is 8.68. The Morgan fingerprint density at radius 3 is 2.44 bits per heavy atom. The van der Waals surface area contributed by atoms with E-state index in [2.05, 4.69) is 11.0 Å². The van der Waals surface area contributed by atoms with Gasteiger partial charge in [0.2, 0.25) is 5.91 Å². The highest BCUT2D eigenvalue weighted by molar-refractivity contribution is 5.92. The van der Waals surface area contributed by atoms with Crippen LogP contribution in [0.25, 0.3) is 0 Å². The summed E-state index contributed by atoms with van der Waals surface area (Å²) in [5, 5.41) is 19.2. The molecule has 0 spiro atoms. The van der Waals surface area contributed by atoms with E-state index in [-0.39, 0.29) is 11.8 Å². The molecule has 2 aliphatic heterocycles. The fourth-order valence-corrected chi connectivity index (χ4v) is 6.18. The number of amides is 2. The van der Waals surface area contributed by atoms with Crippen molar-refractivity contribution in [2.75, 3.05) is 26.2 Å². The zero-order valence-electron chi connectivity index (χ0n) is 18.9. The van der Waals surface area contributed by atoms with Crippen LogP contribution in [0.1, 0.15) is 73.2 Å². The van der Waals surface area contributed by atoms with Gasteiger partial charge in [-0.3, -0.25) is 14.5 Å². The summed E-state index contributed by atoms with van der Waals surface area (Å²) in [7, 11) is 0. The van der Waals surface area contributed by atoms with Crippen molar-refractivity contribution in [1.82, 2.24) is 9.80 Å². The number of carbonyl (C=O) groups excluding carboxylic acids is 2. The third-order valence-electron chi connectivity index (χ3n) is 7.88. The quantitative estimate of drug-likeness (QED) is 0.540. The predicted molar refractivity (Wildman–Crippen MR) is 122 cm³/mol. The number of fused-ring (bicyclic) bond motifs is 2. The van der Waals surface area contributed by atoms with Gasteiger partial charge in [-0.05, 0) is 68.1 Å². The SMILES string of the molecule is NC(=O)c1cccc(C2C[C@H]3CC[C@@H](C2)N3CCN(CC2CCCC2)C(=O)[C@@H](O)CO)c1. The van der Waals surface area contributed by atoms with Crippen LogP contribution in [0.3, 0.4) is 0 Å². The molecule has 1 aromatic carbocycles. The largest absolute Gasteiger partial charge is 0.393 e. The molecule has 2 amide bonds. The summed E-state index contributed by atoms with van der Waals surface area (Å²) in [4.78, 5) is 28.6. The van der Waals surface area contributed by atoms with Crippen LogP contribution in [0.15, 0.2) is 24.3 Å². The second kappa shape index (κ2) is 10.3. The van der Waals surface area contributed by atoms with Crippen LogP contribution in [-0.2, 0) is 4.79 Å². The number of nitrogens with two attached hydrogens (primary N) is 1. The van der Waals surface area contributed by atoms with Gasteiger partial charge in [-0.1, -0.05) is 25.0 Å². The van der Waals surface area contributed by atoms with Gasteiger partial charge in [0.1, 0.15) is 0 Å².